The first-order chi connectivity index (χ1) is 11.7. The second-order valence-electron chi connectivity index (χ2n) is 7.33. The van der Waals surface area contributed by atoms with Gasteiger partial charge in [0, 0.05) is 24.9 Å². The Bertz CT molecular complexity index is 639. The van der Waals surface area contributed by atoms with Crippen LogP contribution in [0, 0.1) is 5.82 Å². The number of halogens is 1. The van der Waals surface area contributed by atoms with Crippen LogP contribution >= 0.6 is 0 Å². The van der Waals surface area contributed by atoms with E-state index in [-0.39, 0.29) is 42.1 Å². The lowest BCUT2D eigenvalue weighted by molar-refractivity contribution is -0.143. The lowest BCUT2D eigenvalue weighted by Gasteiger charge is -2.25. The average molecular weight is 351 g/mol. The van der Waals surface area contributed by atoms with E-state index in [4.69, 9.17) is 4.74 Å². The summed E-state index contributed by atoms with van der Waals surface area (Å²) in [4.78, 5) is 25.0. The number of hydrogen-bond acceptors (Lipinski definition) is 4. The number of carbonyl (C=O) groups excluding carboxylic acids is 2. The van der Waals surface area contributed by atoms with Gasteiger partial charge in [-0.05, 0) is 23.6 Å². The monoisotopic (exact) mass is 351 g/mol. The van der Waals surface area contributed by atoms with Crippen molar-refractivity contribution in [1.82, 2.24) is 4.90 Å². The van der Waals surface area contributed by atoms with Gasteiger partial charge in [-0.15, -0.1) is 0 Å². The maximum absolute atomic E-state index is 13.6. The Morgan fingerprint density at radius 2 is 2.00 bits per heavy atom. The fourth-order valence-electron chi connectivity index (χ4n) is 2.89. The Balaban J connectivity index is 1.97. The predicted molar refractivity (Wildman–Crippen MR) is 92.0 cm³/mol. The number of ether oxygens (including phenoxy) is 2. The topological polar surface area (TPSA) is 55.8 Å². The molecule has 5 nitrogen and oxygen atoms in total. The minimum absolute atomic E-state index is 0.0772. The second-order valence-corrected chi connectivity index (χ2v) is 7.33. The largest absolute Gasteiger partial charge is 0.488 e. The standard InChI is InChI=1S/C19H26FNO4/c1-19(2,3)15-11-13(20)5-6-16(15)25-14-9-10-21(12-14)17(22)7-8-18(23)24-4/h5-6,11,14H,7-10,12H2,1-4H3. The molecule has 1 aliphatic rings. The summed E-state index contributed by atoms with van der Waals surface area (Å²) in [6, 6.07) is 4.54. The number of esters is 1. The molecule has 1 atom stereocenters. The average Bonchev–Trinajstić information content (AvgIpc) is 3.01. The maximum Gasteiger partial charge on any atom is 0.306 e. The highest BCUT2D eigenvalue weighted by molar-refractivity contribution is 5.81. The minimum atomic E-state index is -0.388. The molecule has 6 heteroatoms. The number of hydrogen-bond donors (Lipinski definition) is 0. The molecule has 1 saturated heterocycles. The van der Waals surface area contributed by atoms with E-state index in [0.29, 0.717) is 25.3 Å². The first-order valence-electron chi connectivity index (χ1n) is 8.52. The molecule has 0 saturated carbocycles. The van der Waals surface area contributed by atoms with Crippen LogP contribution in [0.3, 0.4) is 0 Å². The van der Waals surface area contributed by atoms with Gasteiger partial charge < -0.3 is 14.4 Å². The third-order valence-electron chi connectivity index (χ3n) is 4.31. The van der Waals surface area contributed by atoms with E-state index < -0.39 is 0 Å². The Hall–Kier alpha value is -2.11. The van der Waals surface area contributed by atoms with Gasteiger partial charge in [0.2, 0.25) is 5.91 Å². The van der Waals surface area contributed by atoms with Gasteiger partial charge in [0.15, 0.2) is 0 Å². The van der Waals surface area contributed by atoms with Crippen molar-refractivity contribution in [3.05, 3.63) is 29.6 Å². The quantitative estimate of drug-likeness (QED) is 0.765. The van der Waals surface area contributed by atoms with Crippen LogP contribution in [0.5, 0.6) is 5.75 Å². The van der Waals surface area contributed by atoms with E-state index in [2.05, 4.69) is 4.74 Å². The van der Waals surface area contributed by atoms with Crippen LogP contribution in [-0.4, -0.2) is 43.1 Å². The first kappa shape index (κ1) is 19.2. The highest BCUT2D eigenvalue weighted by Gasteiger charge is 2.29. The van der Waals surface area contributed by atoms with Crippen molar-refractivity contribution in [2.75, 3.05) is 20.2 Å². The van der Waals surface area contributed by atoms with Crippen molar-refractivity contribution in [3.8, 4) is 5.75 Å². The molecule has 0 spiro atoms. The number of benzene rings is 1. The van der Waals surface area contributed by atoms with E-state index >= 15 is 0 Å². The summed E-state index contributed by atoms with van der Waals surface area (Å²) in [6.45, 7) is 7.08. The molecule has 0 aliphatic carbocycles. The van der Waals surface area contributed by atoms with Crippen LogP contribution in [0.2, 0.25) is 0 Å². The van der Waals surface area contributed by atoms with Crippen LogP contribution in [0.4, 0.5) is 4.39 Å². The number of amides is 1. The predicted octanol–water partition coefficient (Wildman–Crippen LogP) is 3.06. The molecule has 0 aromatic heterocycles. The zero-order valence-electron chi connectivity index (χ0n) is 15.3. The summed E-state index contributed by atoms with van der Waals surface area (Å²) in [6.07, 6.45) is 0.811. The third kappa shape index (κ3) is 5.18. The van der Waals surface area contributed by atoms with Crippen LogP contribution in [-0.2, 0) is 19.7 Å². The van der Waals surface area contributed by atoms with Crippen molar-refractivity contribution >= 4 is 11.9 Å². The third-order valence-corrected chi connectivity index (χ3v) is 4.31. The van der Waals surface area contributed by atoms with E-state index in [1.807, 2.05) is 20.8 Å². The normalized spacial score (nSPS) is 17.5. The summed E-state index contributed by atoms with van der Waals surface area (Å²) in [7, 11) is 1.31. The van der Waals surface area contributed by atoms with Crippen molar-refractivity contribution in [2.24, 2.45) is 0 Å². The number of carbonyl (C=O) groups is 2. The molecule has 25 heavy (non-hydrogen) atoms. The Labute approximate surface area is 148 Å². The molecule has 0 N–H and O–H groups in total. The van der Waals surface area contributed by atoms with E-state index in [1.54, 1.807) is 11.0 Å². The molecule has 1 aliphatic heterocycles. The smallest absolute Gasteiger partial charge is 0.306 e. The van der Waals surface area contributed by atoms with Crippen molar-refractivity contribution in [3.63, 3.8) is 0 Å². The van der Waals surface area contributed by atoms with Gasteiger partial charge >= 0.3 is 5.97 Å². The highest BCUT2D eigenvalue weighted by atomic mass is 19.1. The number of methoxy groups -OCH3 is 1. The summed E-state index contributed by atoms with van der Waals surface area (Å²) in [5.41, 5.74) is 0.564. The number of rotatable bonds is 5. The number of likely N-dealkylation sites (tertiary alicyclic amines) is 1. The van der Waals surface area contributed by atoms with Crippen LogP contribution in [0.1, 0.15) is 45.6 Å². The molecule has 0 bridgehead atoms. The molecule has 1 amide bonds. The molecule has 1 aromatic carbocycles. The van der Waals surface area contributed by atoms with Gasteiger partial charge in [0.05, 0.1) is 20.1 Å². The maximum atomic E-state index is 13.6. The molecule has 2 rings (SSSR count). The van der Waals surface area contributed by atoms with Crippen LogP contribution in [0.25, 0.3) is 0 Å². The number of nitrogens with zero attached hydrogens (tertiary/aromatic N) is 1. The van der Waals surface area contributed by atoms with Gasteiger partial charge in [-0.1, -0.05) is 20.8 Å². The van der Waals surface area contributed by atoms with Crippen molar-refractivity contribution in [1.29, 1.82) is 0 Å². The van der Waals surface area contributed by atoms with Gasteiger partial charge in [-0.2, -0.15) is 0 Å². The van der Waals surface area contributed by atoms with Crippen molar-refractivity contribution in [2.45, 2.75) is 51.6 Å². The van der Waals surface area contributed by atoms with Gasteiger partial charge in [-0.3, -0.25) is 9.59 Å². The second kappa shape index (κ2) is 7.85. The fraction of sp³-hybridized carbons (Fsp3) is 0.579. The zero-order valence-corrected chi connectivity index (χ0v) is 15.3. The lowest BCUT2D eigenvalue weighted by atomic mass is 9.86. The Kier molecular flexibility index (Phi) is 6.03. The molecule has 138 valence electrons. The van der Waals surface area contributed by atoms with E-state index in [9.17, 15) is 14.0 Å². The summed E-state index contributed by atoms with van der Waals surface area (Å²) < 4.78 is 24.2. The molecular formula is C19H26FNO4. The lowest BCUT2D eigenvalue weighted by Crippen LogP contribution is -2.31. The molecular weight excluding hydrogens is 325 g/mol. The summed E-state index contributed by atoms with van der Waals surface area (Å²) in [5.74, 6) is -0.0980. The van der Waals surface area contributed by atoms with Crippen LogP contribution < -0.4 is 4.74 Å². The Morgan fingerprint density at radius 3 is 2.64 bits per heavy atom. The first-order valence-corrected chi connectivity index (χ1v) is 8.52. The van der Waals surface area contributed by atoms with E-state index in [1.165, 1.54) is 19.2 Å². The molecule has 1 unspecified atom stereocenters. The van der Waals surface area contributed by atoms with E-state index in [0.717, 1.165) is 5.56 Å². The molecule has 1 fully saturated rings. The van der Waals surface area contributed by atoms with Gasteiger partial charge in [-0.25, -0.2) is 4.39 Å². The highest BCUT2D eigenvalue weighted by Crippen LogP contribution is 2.33. The van der Waals surface area contributed by atoms with Gasteiger partial charge in [0.25, 0.3) is 0 Å². The fourth-order valence-corrected chi connectivity index (χ4v) is 2.89. The minimum Gasteiger partial charge on any atom is -0.488 e. The molecule has 1 aromatic rings. The Morgan fingerprint density at radius 1 is 1.28 bits per heavy atom. The van der Waals surface area contributed by atoms with Gasteiger partial charge in [0.1, 0.15) is 17.7 Å². The van der Waals surface area contributed by atoms with Crippen molar-refractivity contribution < 1.29 is 23.5 Å². The molecule has 1 heterocycles. The zero-order chi connectivity index (χ0) is 18.6. The summed E-state index contributed by atoms with van der Waals surface area (Å²) in [5, 5.41) is 0. The summed E-state index contributed by atoms with van der Waals surface area (Å²) >= 11 is 0. The SMILES string of the molecule is COC(=O)CCC(=O)N1CCC(Oc2ccc(F)cc2C(C)(C)C)C1. The van der Waals surface area contributed by atoms with Crippen LogP contribution in [0.15, 0.2) is 18.2 Å². The molecule has 0 radical (unpaired) electrons.